The van der Waals surface area contributed by atoms with Crippen molar-refractivity contribution in [3.05, 3.63) is 0 Å². The Morgan fingerprint density at radius 2 is 2.11 bits per heavy atom. The van der Waals surface area contributed by atoms with Crippen LogP contribution in [-0.4, -0.2) is 24.4 Å². The van der Waals surface area contributed by atoms with Crippen LogP contribution in [0.15, 0.2) is 0 Å². The molecule has 9 heavy (non-hydrogen) atoms. The molecule has 1 rings (SSSR count). The van der Waals surface area contributed by atoms with Crippen LogP contribution in [0, 0.1) is 0 Å². The smallest absolute Gasteiger partial charge is 1.00 e. The molecular weight excluding hydrogens is 132 g/mol. The Hall–Kier alpha value is 0.357. The molecule has 48 valence electrons. The van der Waals surface area contributed by atoms with Gasteiger partial charge in [0.05, 0.1) is 0 Å². The predicted octanol–water partition coefficient (Wildman–Crippen LogP) is -5.75. The summed E-state index contributed by atoms with van der Waals surface area (Å²) < 4.78 is 0. The van der Waals surface area contributed by atoms with Crippen molar-refractivity contribution in [1.82, 2.24) is 4.90 Å². The van der Waals surface area contributed by atoms with Gasteiger partial charge in [-0.15, -0.1) is 0 Å². The van der Waals surface area contributed by atoms with Gasteiger partial charge in [0.25, 0.3) is 0 Å². The minimum atomic E-state index is 0. The molecule has 0 aliphatic carbocycles. The Kier molecular flexibility index (Phi) is 6.93. The third-order valence-corrected chi connectivity index (χ3v) is 1.31. The first-order chi connectivity index (χ1) is 3.30. The summed E-state index contributed by atoms with van der Waals surface area (Å²) >= 11 is 0. The van der Waals surface area contributed by atoms with Gasteiger partial charge in [0.15, 0.2) is 0 Å². The van der Waals surface area contributed by atoms with Gasteiger partial charge in [-0.1, -0.05) is 0 Å². The molecule has 0 N–H and O–H groups in total. The fourth-order valence-electron chi connectivity index (χ4n) is 0.783. The second-order valence-electron chi connectivity index (χ2n) is 1.92. The van der Waals surface area contributed by atoms with E-state index in [9.17, 15) is 4.79 Å². The fraction of sp³-hybridized carbons (Fsp3) is 0.800. The van der Waals surface area contributed by atoms with E-state index in [0.717, 1.165) is 19.4 Å². The van der Waals surface area contributed by atoms with E-state index in [0.29, 0.717) is 5.91 Å². The van der Waals surface area contributed by atoms with Gasteiger partial charge < -0.3 is 17.3 Å². The molecule has 0 saturated carbocycles. The van der Waals surface area contributed by atoms with E-state index in [1.54, 1.807) is 4.90 Å². The third kappa shape index (κ3) is 3.15. The number of nitrogens with zero attached hydrogens (tertiary/aromatic N) is 1. The van der Waals surface area contributed by atoms with E-state index in [1.165, 1.54) is 0 Å². The molecule has 0 aromatic rings. The van der Waals surface area contributed by atoms with Crippen molar-refractivity contribution >= 4 is 5.91 Å². The molecule has 1 saturated heterocycles. The van der Waals surface area contributed by atoms with Gasteiger partial charge in [-0.25, -0.2) is 0 Å². The zero-order valence-corrected chi connectivity index (χ0v) is 6.61. The molecule has 4 heteroatoms. The van der Waals surface area contributed by atoms with E-state index < -0.39 is 0 Å². The van der Waals surface area contributed by atoms with E-state index in [-0.39, 0.29) is 31.3 Å². The number of likely N-dealkylation sites (tertiary alicyclic amines) is 1. The van der Waals surface area contributed by atoms with Crippen molar-refractivity contribution in [1.29, 1.82) is 0 Å². The molecular formula is C5H9ClLiNO. The standard InChI is InChI=1S/C5H9NO.ClH.Li/c1-6-4-2-3-5(6)7;;/h2-4H2,1H3;1H;/q;;+1/p-1. The maximum absolute atomic E-state index is 10.5. The SMILES string of the molecule is CN1CCCC1=O.[Cl-].[Li+]. The zero-order chi connectivity index (χ0) is 5.28. The van der Waals surface area contributed by atoms with Gasteiger partial charge >= 0.3 is 18.9 Å². The maximum Gasteiger partial charge on any atom is 1.00 e. The summed E-state index contributed by atoms with van der Waals surface area (Å²) in [6.45, 7) is 0.957. The quantitative estimate of drug-likeness (QED) is 0.308. The summed E-state index contributed by atoms with van der Waals surface area (Å²) in [6.07, 6.45) is 1.81. The van der Waals surface area contributed by atoms with Crippen LogP contribution < -0.4 is 31.3 Å². The van der Waals surface area contributed by atoms with Gasteiger partial charge in [0, 0.05) is 20.0 Å². The molecule has 1 amide bonds. The average Bonchev–Trinajstić information content (AvgIpc) is 1.91. The topological polar surface area (TPSA) is 20.3 Å². The van der Waals surface area contributed by atoms with Crippen LogP contribution >= 0.6 is 0 Å². The largest absolute Gasteiger partial charge is 1.00 e. The summed E-state index contributed by atoms with van der Waals surface area (Å²) in [5.41, 5.74) is 0. The summed E-state index contributed by atoms with van der Waals surface area (Å²) in [5.74, 6) is 0.292. The van der Waals surface area contributed by atoms with Crippen molar-refractivity contribution in [2.75, 3.05) is 13.6 Å². The Labute approximate surface area is 73.6 Å². The monoisotopic (exact) mass is 141 g/mol. The van der Waals surface area contributed by atoms with Crippen LogP contribution in [0.25, 0.3) is 0 Å². The van der Waals surface area contributed by atoms with Crippen LogP contribution in [0.2, 0.25) is 0 Å². The Morgan fingerprint density at radius 3 is 2.22 bits per heavy atom. The first-order valence-electron chi connectivity index (χ1n) is 2.54. The number of carbonyl (C=O) groups is 1. The van der Waals surface area contributed by atoms with Crippen molar-refractivity contribution in [2.45, 2.75) is 12.8 Å². The van der Waals surface area contributed by atoms with Crippen molar-refractivity contribution < 1.29 is 36.1 Å². The summed E-state index contributed by atoms with van der Waals surface area (Å²) in [4.78, 5) is 12.3. The van der Waals surface area contributed by atoms with Gasteiger partial charge in [0.1, 0.15) is 0 Å². The molecule has 1 aliphatic rings. The van der Waals surface area contributed by atoms with Crippen molar-refractivity contribution in [3.8, 4) is 0 Å². The number of carbonyl (C=O) groups excluding carboxylic acids is 1. The van der Waals surface area contributed by atoms with E-state index in [1.807, 2.05) is 7.05 Å². The molecule has 0 aromatic carbocycles. The zero-order valence-electron chi connectivity index (χ0n) is 5.85. The van der Waals surface area contributed by atoms with Gasteiger partial charge in [-0.3, -0.25) is 4.79 Å². The van der Waals surface area contributed by atoms with Crippen LogP contribution in [0.1, 0.15) is 12.8 Å². The van der Waals surface area contributed by atoms with Gasteiger partial charge in [-0.05, 0) is 6.42 Å². The first kappa shape index (κ1) is 12.1. The van der Waals surface area contributed by atoms with Crippen molar-refractivity contribution in [3.63, 3.8) is 0 Å². The average molecular weight is 142 g/mol. The Balaban J connectivity index is 0. The molecule has 0 aromatic heterocycles. The molecule has 0 spiro atoms. The molecule has 1 aliphatic heterocycles. The minimum absolute atomic E-state index is 0. The number of hydrogen-bond acceptors (Lipinski definition) is 1. The second kappa shape index (κ2) is 5.17. The van der Waals surface area contributed by atoms with Crippen LogP contribution in [-0.2, 0) is 4.79 Å². The number of amides is 1. The molecule has 0 unspecified atom stereocenters. The summed E-state index contributed by atoms with van der Waals surface area (Å²) in [6, 6.07) is 0. The van der Waals surface area contributed by atoms with Crippen molar-refractivity contribution in [2.24, 2.45) is 0 Å². The number of hydrogen-bond donors (Lipinski definition) is 0. The Morgan fingerprint density at radius 1 is 1.56 bits per heavy atom. The van der Waals surface area contributed by atoms with Crippen LogP contribution in [0.4, 0.5) is 0 Å². The molecule has 0 radical (unpaired) electrons. The Bertz CT molecular complexity index is 99.0. The molecule has 2 nitrogen and oxygen atoms in total. The number of halogens is 1. The number of rotatable bonds is 0. The van der Waals surface area contributed by atoms with Crippen LogP contribution in [0.3, 0.4) is 0 Å². The van der Waals surface area contributed by atoms with Gasteiger partial charge in [0.2, 0.25) is 5.91 Å². The van der Waals surface area contributed by atoms with E-state index in [4.69, 9.17) is 0 Å². The fourth-order valence-corrected chi connectivity index (χ4v) is 0.783. The predicted molar refractivity (Wildman–Crippen MR) is 26.9 cm³/mol. The minimum Gasteiger partial charge on any atom is -1.00 e. The molecule has 1 fully saturated rings. The summed E-state index contributed by atoms with van der Waals surface area (Å²) in [7, 11) is 1.84. The molecule has 0 bridgehead atoms. The van der Waals surface area contributed by atoms with Gasteiger partial charge in [-0.2, -0.15) is 0 Å². The van der Waals surface area contributed by atoms with E-state index in [2.05, 4.69) is 0 Å². The van der Waals surface area contributed by atoms with E-state index >= 15 is 0 Å². The maximum atomic E-state index is 10.5. The third-order valence-electron chi connectivity index (χ3n) is 1.31. The normalized spacial score (nSPS) is 16.6. The summed E-state index contributed by atoms with van der Waals surface area (Å²) in [5, 5.41) is 0. The van der Waals surface area contributed by atoms with Crippen LogP contribution in [0.5, 0.6) is 0 Å². The molecule has 1 heterocycles. The first-order valence-corrected chi connectivity index (χ1v) is 2.54. The second-order valence-corrected chi connectivity index (χ2v) is 1.92. The molecule has 0 atom stereocenters.